The van der Waals surface area contributed by atoms with Crippen LogP contribution in [0, 0.1) is 17.8 Å². The van der Waals surface area contributed by atoms with Gasteiger partial charge in [0, 0.05) is 5.56 Å². The maximum Gasteiger partial charge on any atom is 0.296 e. The molecule has 3 aromatic rings. The van der Waals surface area contributed by atoms with Gasteiger partial charge in [-0.2, -0.15) is 4.98 Å². The molecule has 0 unspecified atom stereocenters. The fourth-order valence-corrected chi connectivity index (χ4v) is 5.48. The summed E-state index contributed by atoms with van der Waals surface area (Å²) < 4.78 is 36.9. The lowest BCUT2D eigenvalue weighted by Gasteiger charge is -2.15. The molecule has 0 amide bonds. The second-order valence-corrected chi connectivity index (χ2v) is 9.46. The molecular formula is C25H23ClFN3O5. The molecule has 5 atom stereocenters. The summed E-state index contributed by atoms with van der Waals surface area (Å²) in [6.07, 6.45) is 2.80. The summed E-state index contributed by atoms with van der Waals surface area (Å²) >= 11 is 6.55. The highest BCUT2D eigenvalue weighted by Crippen LogP contribution is 2.39. The Labute approximate surface area is 205 Å². The zero-order valence-electron chi connectivity index (χ0n) is 18.9. The molecule has 182 valence electrons. The number of rotatable bonds is 4. The number of benzene rings is 1. The molecule has 8 nitrogen and oxygen atoms in total. The molecule has 6 rings (SSSR count). The summed E-state index contributed by atoms with van der Waals surface area (Å²) in [5.41, 5.74) is 4.01. The normalized spacial score (nSPS) is 26.9. The van der Waals surface area contributed by atoms with Crippen LogP contribution in [0.25, 0.3) is 11.2 Å². The minimum absolute atomic E-state index is 0.0370. The highest BCUT2D eigenvalue weighted by Gasteiger charge is 2.48. The van der Waals surface area contributed by atoms with Gasteiger partial charge in [-0.3, -0.25) is 0 Å². The van der Waals surface area contributed by atoms with Gasteiger partial charge in [-0.25, -0.2) is 9.37 Å². The molecule has 4 heterocycles. The van der Waals surface area contributed by atoms with Crippen LogP contribution in [0.2, 0.25) is 5.02 Å². The van der Waals surface area contributed by atoms with E-state index in [9.17, 15) is 9.50 Å². The zero-order chi connectivity index (χ0) is 24.1. The van der Waals surface area contributed by atoms with Crippen LogP contribution in [0.4, 0.5) is 4.39 Å². The molecule has 3 aliphatic rings. The average Bonchev–Trinajstić information content (AvgIpc) is 3.59. The van der Waals surface area contributed by atoms with E-state index in [0.29, 0.717) is 46.0 Å². The molecule has 2 fully saturated rings. The minimum Gasteiger partial charge on any atom is -0.456 e. The van der Waals surface area contributed by atoms with Gasteiger partial charge in [0.05, 0.1) is 36.6 Å². The van der Waals surface area contributed by atoms with Crippen molar-refractivity contribution >= 4 is 22.8 Å². The van der Waals surface area contributed by atoms with E-state index >= 15 is 0 Å². The Morgan fingerprint density at radius 2 is 2.09 bits per heavy atom. The Morgan fingerprint density at radius 1 is 1.23 bits per heavy atom. The Balaban J connectivity index is 1.22. The molecule has 35 heavy (non-hydrogen) atoms. The third kappa shape index (κ3) is 4.10. The van der Waals surface area contributed by atoms with E-state index in [-0.39, 0.29) is 42.7 Å². The third-order valence-corrected chi connectivity index (χ3v) is 7.17. The highest BCUT2D eigenvalue weighted by atomic mass is 35.5. The topological polar surface area (TPSA) is 98.7 Å². The van der Waals surface area contributed by atoms with Gasteiger partial charge in [-0.05, 0) is 60.4 Å². The van der Waals surface area contributed by atoms with Gasteiger partial charge >= 0.3 is 0 Å². The lowest BCUT2D eigenvalue weighted by molar-refractivity contribution is 0.00706. The summed E-state index contributed by atoms with van der Waals surface area (Å²) in [7, 11) is 1.47. The molecule has 2 aliphatic heterocycles. The van der Waals surface area contributed by atoms with E-state index in [0.717, 1.165) is 18.4 Å². The molecule has 1 aliphatic carbocycles. The maximum absolute atomic E-state index is 15.0. The van der Waals surface area contributed by atoms with Gasteiger partial charge in [0.2, 0.25) is 0 Å². The van der Waals surface area contributed by atoms with Crippen molar-refractivity contribution in [3.8, 4) is 18.0 Å². The first-order valence-corrected chi connectivity index (χ1v) is 11.9. The first-order chi connectivity index (χ1) is 17.0. The van der Waals surface area contributed by atoms with Crippen molar-refractivity contribution in [2.24, 2.45) is 0 Å². The third-order valence-electron chi connectivity index (χ3n) is 6.85. The SMILES string of the molecule is COC#Cc1cc(F)c2c(c1)CC[C@@H]2Cc1nc2nc(O[C@@H]3CO[C@H]4[C@@H]3OC[C@H]4O)[nH]c2cc1Cl. The number of ether oxygens (including phenoxy) is 4. The summed E-state index contributed by atoms with van der Waals surface area (Å²) in [4.78, 5) is 12.2. The van der Waals surface area contributed by atoms with E-state index in [1.54, 1.807) is 6.07 Å². The van der Waals surface area contributed by atoms with Crippen LogP contribution < -0.4 is 4.74 Å². The number of aromatic amines is 1. The van der Waals surface area contributed by atoms with Gasteiger partial charge in [0.15, 0.2) is 11.8 Å². The number of aliphatic hydroxyl groups is 1. The Morgan fingerprint density at radius 3 is 2.94 bits per heavy atom. The minimum atomic E-state index is -0.650. The number of hydrogen-bond acceptors (Lipinski definition) is 7. The summed E-state index contributed by atoms with van der Waals surface area (Å²) in [6.45, 7) is 0.525. The van der Waals surface area contributed by atoms with E-state index in [1.165, 1.54) is 13.2 Å². The standard InChI is InChI=1S/C25H23ClFN3O5/c1-32-5-4-12-6-13-2-3-14(21(13)16(27)7-12)8-17-15(26)9-18-24(28-17)30-25(29-18)35-20-11-34-22-19(31)10-33-23(20)22/h6-7,9,14,19-20,22-23,31H,2-3,8,10-11H2,1H3,(H,28,29,30)/t14-,19-,20-,22-,23-/m1/s1. The molecule has 1 aromatic carbocycles. The number of pyridine rings is 1. The van der Waals surface area contributed by atoms with Crippen LogP contribution in [-0.4, -0.2) is 64.8 Å². The first-order valence-electron chi connectivity index (χ1n) is 11.5. The Hall–Kier alpha value is -2.90. The predicted octanol–water partition coefficient (Wildman–Crippen LogP) is 2.88. The molecule has 10 heteroatoms. The number of hydrogen-bond donors (Lipinski definition) is 2. The number of nitrogens with zero attached hydrogens (tertiary/aromatic N) is 2. The molecule has 0 radical (unpaired) electrons. The van der Waals surface area contributed by atoms with Crippen LogP contribution in [0.3, 0.4) is 0 Å². The van der Waals surface area contributed by atoms with Crippen LogP contribution in [0.1, 0.15) is 34.7 Å². The quantitative estimate of drug-likeness (QED) is 0.532. The van der Waals surface area contributed by atoms with Crippen molar-refractivity contribution in [2.75, 3.05) is 20.3 Å². The number of H-pyrrole nitrogens is 1. The van der Waals surface area contributed by atoms with Crippen molar-refractivity contribution in [3.63, 3.8) is 0 Å². The predicted molar refractivity (Wildman–Crippen MR) is 124 cm³/mol. The number of halogens is 2. The number of imidazole rings is 1. The smallest absolute Gasteiger partial charge is 0.296 e. The van der Waals surface area contributed by atoms with Gasteiger partial charge in [-0.15, -0.1) is 0 Å². The van der Waals surface area contributed by atoms with Crippen molar-refractivity contribution < 1.29 is 28.4 Å². The Bertz CT molecular complexity index is 1350. The molecule has 2 aromatic heterocycles. The number of aryl methyl sites for hydroxylation is 1. The van der Waals surface area contributed by atoms with Gasteiger partial charge < -0.3 is 29.0 Å². The number of nitrogens with one attached hydrogen (secondary N) is 1. The zero-order valence-corrected chi connectivity index (χ0v) is 19.6. The van der Waals surface area contributed by atoms with Gasteiger partial charge in [0.25, 0.3) is 6.01 Å². The second-order valence-electron chi connectivity index (χ2n) is 9.05. The summed E-state index contributed by atoms with van der Waals surface area (Å²) in [6, 6.07) is 5.41. The Kier molecular flexibility index (Phi) is 5.77. The largest absolute Gasteiger partial charge is 0.456 e. The number of methoxy groups -OCH3 is 1. The monoisotopic (exact) mass is 499 g/mol. The lowest BCUT2D eigenvalue weighted by atomic mass is 9.94. The molecule has 2 saturated heterocycles. The molecule has 0 saturated carbocycles. The van der Waals surface area contributed by atoms with Crippen molar-refractivity contribution in [1.29, 1.82) is 0 Å². The van der Waals surface area contributed by atoms with Gasteiger partial charge in [-0.1, -0.05) is 11.6 Å². The lowest BCUT2D eigenvalue weighted by Crippen LogP contribution is -2.34. The van der Waals surface area contributed by atoms with Crippen LogP contribution in [0.5, 0.6) is 6.01 Å². The van der Waals surface area contributed by atoms with Crippen LogP contribution in [0.15, 0.2) is 18.2 Å². The molecular weight excluding hydrogens is 477 g/mol. The summed E-state index contributed by atoms with van der Waals surface area (Å²) in [5.74, 6) is 2.50. The second kappa shape index (κ2) is 8.95. The van der Waals surface area contributed by atoms with Crippen molar-refractivity contribution in [1.82, 2.24) is 15.0 Å². The van der Waals surface area contributed by atoms with Gasteiger partial charge in [0.1, 0.15) is 30.2 Å². The number of aliphatic hydroxyl groups excluding tert-OH is 1. The number of fused-ring (bicyclic) bond motifs is 3. The molecule has 2 N–H and O–H groups in total. The van der Waals surface area contributed by atoms with E-state index in [1.807, 2.05) is 6.07 Å². The van der Waals surface area contributed by atoms with Crippen LogP contribution >= 0.6 is 11.6 Å². The van der Waals surface area contributed by atoms with E-state index in [2.05, 4.69) is 27.0 Å². The fourth-order valence-electron chi connectivity index (χ4n) is 5.25. The maximum atomic E-state index is 15.0. The molecule has 0 bridgehead atoms. The summed E-state index contributed by atoms with van der Waals surface area (Å²) in [5, 5.41) is 10.4. The van der Waals surface area contributed by atoms with E-state index in [4.69, 9.17) is 30.5 Å². The van der Waals surface area contributed by atoms with Crippen LogP contribution in [-0.2, 0) is 27.1 Å². The van der Waals surface area contributed by atoms with Crippen molar-refractivity contribution in [3.05, 3.63) is 51.4 Å². The first kappa shape index (κ1) is 22.6. The van der Waals surface area contributed by atoms with Crippen molar-refractivity contribution in [2.45, 2.75) is 49.6 Å². The number of aromatic nitrogens is 3. The fraction of sp³-hybridized carbons (Fsp3) is 0.440. The van der Waals surface area contributed by atoms with E-state index < -0.39 is 6.10 Å². The average molecular weight is 500 g/mol. The molecule has 0 spiro atoms. The highest BCUT2D eigenvalue weighted by molar-refractivity contribution is 6.31.